The Balaban J connectivity index is 1.42. The van der Waals surface area contributed by atoms with Crippen molar-refractivity contribution < 1.29 is 4.79 Å². The zero-order valence-electron chi connectivity index (χ0n) is 16.7. The minimum Gasteiger partial charge on any atom is -0.352 e. The molecule has 2 atom stereocenters. The molecule has 28 heavy (non-hydrogen) atoms. The predicted molar refractivity (Wildman–Crippen MR) is 110 cm³/mol. The fraction of sp³-hybridized carbons (Fsp3) is 0.591. The van der Waals surface area contributed by atoms with E-state index in [2.05, 4.69) is 34.1 Å². The number of piperazine rings is 1. The maximum absolute atomic E-state index is 11.7. The van der Waals surface area contributed by atoms with Crippen LogP contribution in [0.4, 0.5) is 5.82 Å². The van der Waals surface area contributed by atoms with Gasteiger partial charge in [0.05, 0.1) is 12.1 Å². The fourth-order valence-electron chi connectivity index (χ4n) is 5.27. The normalized spacial score (nSPS) is 25.5. The number of carbonyl (C=O) groups is 1. The van der Waals surface area contributed by atoms with Gasteiger partial charge in [-0.3, -0.25) is 9.69 Å². The van der Waals surface area contributed by atoms with Gasteiger partial charge < -0.3 is 9.80 Å². The first kappa shape index (κ1) is 17.9. The van der Waals surface area contributed by atoms with Gasteiger partial charge in [0.1, 0.15) is 11.6 Å². The van der Waals surface area contributed by atoms with Crippen LogP contribution in [-0.4, -0.2) is 64.4 Å². The van der Waals surface area contributed by atoms with E-state index in [1.54, 1.807) is 6.92 Å². The molecule has 5 rings (SSSR count). The number of fused-ring (bicyclic) bond motifs is 3. The molecule has 3 aliphatic rings. The van der Waals surface area contributed by atoms with Crippen LogP contribution >= 0.6 is 0 Å². The molecule has 3 heterocycles. The molecule has 2 saturated heterocycles. The second kappa shape index (κ2) is 7.32. The summed E-state index contributed by atoms with van der Waals surface area (Å²) in [6.45, 7) is 6.89. The second-order valence-electron chi connectivity index (χ2n) is 8.59. The van der Waals surface area contributed by atoms with Crippen molar-refractivity contribution in [2.45, 2.75) is 45.2 Å². The Hall–Kier alpha value is -2.21. The Kier molecular flexibility index (Phi) is 4.67. The summed E-state index contributed by atoms with van der Waals surface area (Å²) in [5.41, 5.74) is 1.03. The minimum atomic E-state index is 0.160. The third-order valence-corrected chi connectivity index (χ3v) is 6.76. The van der Waals surface area contributed by atoms with Gasteiger partial charge in [-0.15, -0.1) is 0 Å². The molecule has 2 aromatic rings. The van der Waals surface area contributed by atoms with Crippen LogP contribution in [0.3, 0.4) is 0 Å². The van der Waals surface area contributed by atoms with Crippen LogP contribution in [0.25, 0.3) is 10.9 Å². The van der Waals surface area contributed by atoms with E-state index in [-0.39, 0.29) is 5.91 Å². The van der Waals surface area contributed by atoms with E-state index in [1.165, 1.54) is 32.2 Å². The number of para-hydroxylation sites is 1. The molecule has 0 spiro atoms. The smallest absolute Gasteiger partial charge is 0.219 e. The van der Waals surface area contributed by atoms with Crippen molar-refractivity contribution in [1.29, 1.82) is 0 Å². The van der Waals surface area contributed by atoms with Gasteiger partial charge in [-0.1, -0.05) is 18.6 Å². The lowest BCUT2D eigenvalue weighted by atomic mass is 9.90. The molecule has 3 fully saturated rings. The second-order valence-corrected chi connectivity index (χ2v) is 8.59. The zero-order valence-corrected chi connectivity index (χ0v) is 16.7. The summed E-state index contributed by atoms with van der Waals surface area (Å²) < 4.78 is 0. The third-order valence-electron chi connectivity index (χ3n) is 6.76. The number of hydrogen-bond acceptors (Lipinski definition) is 5. The number of rotatable bonds is 3. The molecule has 2 bridgehead atoms. The van der Waals surface area contributed by atoms with Crippen LogP contribution in [0.1, 0.15) is 38.4 Å². The Morgan fingerprint density at radius 1 is 1.11 bits per heavy atom. The molecule has 1 amide bonds. The molecule has 6 heteroatoms. The number of hydrogen-bond donors (Lipinski definition) is 0. The van der Waals surface area contributed by atoms with E-state index in [1.807, 2.05) is 4.90 Å². The molecule has 2 unspecified atom stereocenters. The van der Waals surface area contributed by atoms with Crippen LogP contribution < -0.4 is 4.90 Å². The summed E-state index contributed by atoms with van der Waals surface area (Å²) in [5.74, 6) is 3.01. The summed E-state index contributed by atoms with van der Waals surface area (Å²) in [4.78, 5) is 28.5. The molecule has 0 N–H and O–H groups in total. The van der Waals surface area contributed by atoms with Crippen LogP contribution in [0.2, 0.25) is 0 Å². The molecule has 1 aromatic heterocycles. The van der Waals surface area contributed by atoms with Crippen molar-refractivity contribution in [1.82, 2.24) is 19.8 Å². The highest BCUT2D eigenvalue weighted by molar-refractivity contribution is 5.89. The lowest BCUT2D eigenvalue weighted by Gasteiger charge is -2.35. The van der Waals surface area contributed by atoms with E-state index in [9.17, 15) is 4.79 Å². The summed E-state index contributed by atoms with van der Waals surface area (Å²) in [7, 11) is 0. The Morgan fingerprint density at radius 3 is 2.71 bits per heavy atom. The SMILES string of the molecule is CC(=O)N1CCN(c2nc(CN3CC4CCCC3C4)nc3ccccc23)CC1. The Morgan fingerprint density at radius 2 is 1.93 bits per heavy atom. The first-order valence-electron chi connectivity index (χ1n) is 10.7. The number of benzene rings is 1. The van der Waals surface area contributed by atoms with Crippen molar-refractivity contribution in [3.8, 4) is 0 Å². The van der Waals surface area contributed by atoms with Crippen molar-refractivity contribution in [3.05, 3.63) is 30.1 Å². The Labute approximate surface area is 166 Å². The summed E-state index contributed by atoms with van der Waals surface area (Å²) >= 11 is 0. The van der Waals surface area contributed by atoms with Gasteiger partial charge in [-0.25, -0.2) is 9.97 Å². The first-order chi connectivity index (χ1) is 13.7. The zero-order chi connectivity index (χ0) is 19.1. The summed E-state index contributed by atoms with van der Waals surface area (Å²) in [6, 6.07) is 9.05. The van der Waals surface area contributed by atoms with Gasteiger partial charge >= 0.3 is 0 Å². The maximum Gasteiger partial charge on any atom is 0.219 e. The molecule has 1 aliphatic carbocycles. The van der Waals surface area contributed by atoms with Crippen molar-refractivity contribution in [2.75, 3.05) is 37.6 Å². The van der Waals surface area contributed by atoms with E-state index in [4.69, 9.17) is 9.97 Å². The topological polar surface area (TPSA) is 52.6 Å². The molecule has 6 nitrogen and oxygen atoms in total. The van der Waals surface area contributed by atoms with Crippen LogP contribution in [0.15, 0.2) is 24.3 Å². The van der Waals surface area contributed by atoms with Gasteiger partial charge in [-0.2, -0.15) is 0 Å². The van der Waals surface area contributed by atoms with Gasteiger partial charge in [-0.05, 0) is 37.3 Å². The minimum absolute atomic E-state index is 0.160. The van der Waals surface area contributed by atoms with E-state index in [0.29, 0.717) is 0 Å². The molecular weight excluding hydrogens is 350 g/mol. The van der Waals surface area contributed by atoms with Crippen LogP contribution in [0.5, 0.6) is 0 Å². The molecule has 0 radical (unpaired) electrons. The highest BCUT2D eigenvalue weighted by atomic mass is 16.2. The van der Waals surface area contributed by atoms with Crippen molar-refractivity contribution >= 4 is 22.6 Å². The number of nitrogens with zero attached hydrogens (tertiary/aromatic N) is 5. The highest BCUT2D eigenvalue weighted by Gasteiger charge is 2.35. The average Bonchev–Trinajstić information content (AvgIpc) is 2.99. The number of likely N-dealkylation sites (tertiary alicyclic amines) is 1. The standard InChI is InChI=1S/C22H29N5O/c1-16(28)25-9-11-26(12-10-25)22-19-7-2-3-8-20(19)23-21(24-22)15-27-14-17-5-4-6-18(27)13-17/h2-3,7-8,17-18H,4-6,9-15H2,1H3. The van der Waals surface area contributed by atoms with Gasteiger partial charge in [0, 0.05) is 51.1 Å². The summed E-state index contributed by atoms with van der Waals surface area (Å²) in [6.07, 6.45) is 5.44. The monoisotopic (exact) mass is 379 g/mol. The molecule has 1 aromatic carbocycles. The van der Waals surface area contributed by atoms with Crippen molar-refractivity contribution in [3.63, 3.8) is 0 Å². The lowest BCUT2D eigenvalue weighted by molar-refractivity contribution is -0.129. The lowest BCUT2D eigenvalue weighted by Crippen LogP contribution is -2.48. The van der Waals surface area contributed by atoms with Crippen molar-refractivity contribution in [2.24, 2.45) is 5.92 Å². The van der Waals surface area contributed by atoms with Crippen LogP contribution in [0, 0.1) is 5.92 Å². The first-order valence-corrected chi connectivity index (χ1v) is 10.7. The number of aromatic nitrogens is 2. The summed E-state index contributed by atoms with van der Waals surface area (Å²) in [5, 5.41) is 1.11. The predicted octanol–water partition coefficient (Wildman–Crippen LogP) is 2.67. The number of anilines is 1. The number of amides is 1. The van der Waals surface area contributed by atoms with Crippen LogP contribution in [-0.2, 0) is 11.3 Å². The highest BCUT2D eigenvalue weighted by Crippen LogP contribution is 2.36. The van der Waals surface area contributed by atoms with Gasteiger partial charge in [0.2, 0.25) is 5.91 Å². The molecular formula is C22H29N5O. The third kappa shape index (κ3) is 3.34. The molecule has 1 saturated carbocycles. The molecule has 148 valence electrons. The van der Waals surface area contributed by atoms with E-state index >= 15 is 0 Å². The van der Waals surface area contributed by atoms with Gasteiger partial charge in [0.25, 0.3) is 0 Å². The Bertz CT molecular complexity index is 876. The average molecular weight is 380 g/mol. The van der Waals surface area contributed by atoms with E-state index < -0.39 is 0 Å². The maximum atomic E-state index is 11.7. The van der Waals surface area contributed by atoms with Gasteiger partial charge in [0.15, 0.2) is 0 Å². The largest absolute Gasteiger partial charge is 0.352 e. The fourth-order valence-corrected chi connectivity index (χ4v) is 5.27. The van der Waals surface area contributed by atoms with E-state index in [0.717, 1.165) is 67.2 Å². The molecule has 2 aliphatic heterocycles. The quantitative estimate of drug-likeness (QED) is 0.821. The number of carbonyl (C=O) groups excluding carboxylic acids is 1.